The van der Waals surface area contributed by atoms with Crippen molar-refractivity contribution in [1.82, 2.24) is 4.98 Å². The number of hydrogen-bond acceptors (Lipinski definition) is 1. The molecule has 1 aromatic carbocycles. The predicted octanol–water partition coefficient (Wildman–Crippen LogP) is 4.67. The lowest BCUT2D eigenvalue weighted by Crippen LogP contribution is -1.82. The average Bonchev–Trinajstić information content (AvgIpc) is 2.71. The second kappa shape index (κ2) is 6.21. The van der Waals surface area contributed by atoms with Gasteiger partial charge in [0, 0.05) is 16.8 Å². The highest BCUT2D eigenvalue weighted by atomic mass is 35.5. The standard InChI is InChI=1S/C13H16ClNS/c14-8-4-1-5-9-16-13-10-11-6-2-3-7-12(11)15-13/h2-3,6-7,10,15H,1,4-5,8-9H2. The van der Waals surface area contributed by atoms with Crippen LogP contribution in [0.5, 0.6) is 0 Å². The Morgan fingerprint density at radius 1 is 1.12 bits per heavy atom. The average molecular weight is 254 g/mol. The van der Waals surface area contributed by atoms with Crippen LogP contribution in [0.15, 0.2) is 35.4 Å². The highest BCUT2D eigenvalue weighted by Gasteiger charge is 1.99. The normalized spacial score (nSPS) is 11.1. The SMILES string of the molecule is ClCCCCCSc1cc2ccccc2[nH]1. The van der Waals surface area contributed by atoms with Crippen molar-refractivity contribution in [3.63, 3.8) is 0 Å². The number of nitrogens with one attached hydrogen (secondary N) is 1. The Hall–Kier alpha value is -0.600. The Bertz CT molecular complexity index is 405. The molecule has 1 heterocycles. The number of fused-ring (bicyclic) bond motifs is 1. The van der Waals surface area contributed by atoms with Gasteiger partial charge < -0.3 is 4.98 Å². The van der Waals surface area contributed by atoms with E-state index >= 15 is 0 Å². The van der Waals surface area contributed by atoms with Gasteiger partial charge in [-0.3, -0.25) is 0 Å². The number of alkyl halides is 1. The Labute approximate surface area is 106 Å². The van der Waals surface area contributed by atoms with Gasteiger partial charge in [0.25, 0.3) is 0 Å². The predicted molar refractivity (Wildman–Crippen MR) is 73.6 cm³/mol. The molecule has 0 aliphatic rings. The van der Waals surface area contributed by atoms with Gasteiger partial charge in [0.2, 0.25) is 0 Å². The van der Waals surface area contributed by atoms with Gasteiger partial charge in [-0.25, -0.2) is 0 Å². The summed E-state index contributed by atoms with van der Waals surface area (Å²) in [6.45, 7) is 0. The van der Waals surface area contributed by atoms with Crippen molar-refractivity contribution in [1.29, 1.82) is 0 Å². The Morgan fingerprint density at radius 3 is 2.81 bits per heavy atom. The molecule has 86 valence electrons. The summed E-state index contributed by atoms with van der Waals surface area (Å²) in [5, 5.41) is 2.57. The van der Waals surface area contributed by atoms with E-state index in [0.29, 0.717) is 0 Å². The largest absolute Gasteiger partial charge is 0.350 e. The maximum atomic E-state index is 5.64. The third-order valence-electron chi connectivity index (χ3n) is 2.54. The molecule has 0 saturated carbocycles. The van der Waals surface area contributed by atoms with Crippen LogP contribution in [-0.2, 0) is 0 Å². The van der Waals surface area contributed by atoms with Crippen molar-refractivity contribution in [2.45, 2.75) is 24.3 Å². The van der Waals surface area contributed by atoms with E-state index in [1.54, 1.807) is 0 Å². The zero-order valence-corrected chi connectivity index (χ0v) is 10.8. The Morgan fingerprint density at radius 2 is 2.00 bits per heavy atom. The fourth-order valence-electron chi connectivity index (χ4n) is 1.68. The molecule has 16 heavy (non-hydrogen) atoms. The number of para-hydroxylation sites is 1. The number of hydrogen-bond donors (Lipinski definition) is 1. The second-order valence-electron chi connectivity index (χ2n) is 3.82. The zero-order valence-electron chi connectivity index (χ0n) is 9.21. The number of thioether (sulfide) groups is 1. The first-order valence-electron chi connectivity index (χ1n) is 5.66. The molecular weight excluding hydrogens is 238 g/mol. The van der Waals surface area contributed by atoms with Crippen molar-refractivity contribution in [3.8, 4) is 0 Å². The van der Waals surface area contributed by atoms with Crippen molar-refractivity contribution in [2.24, 2.45) is 0 Å². The molecule has 2 rings (SSSR count). The molecule has 0 bridgehead atoms. The lowest BCUT2D eigenvalue weighted by Gasteiger charge is -1.97. The smallest absolute Gasteiger partial charge is 0.0732 e. The number of benzene rings is 1. The number of rotatable bonds is 6. The van der Waals surface area contributed by atoms with Gasteiger partial charge in [0.15, 0.2) is 0 Å². The summed E-state index contributed by atoms with van der Waals surface area (Å²) >= 11 is 7.54. The molecular formula is C13H16ClNS. The number of halogens is 1. The molecule has 0 fully saturated rings. The summed E-state index contributed by atoms with van der Waals surface area (Å²) in [5.74, 6) is 1.96. The summed E-state index contributed by atoms with van der Waals surface area (Å²) < 4.78 is 0. The van der Waals surface area contributed by atoms with Crippen LogP contribution < -0.4 is 0 Å². The molecule has 3 heteroatoms. The van der Waals surface area contributed by atoms with Gasteiger partial charge in [-0.05, 0) is 30.7 Å². The third-order valence-corrected chi connectivity index (χ3v) is 3.83. The molecule has 0 amide bonds. The lowest BCUT2D eigenvalue weighted by molar-refractivity contribution is 0.782. The molecule has 0 saturated heterocycles. The minimum atomic E-state index is 0.789. The molecule has 0 aliphatic carbocycles. The van der Waals surface area contributed by atoms with E-state index in [4.69, 9.17) is 11.6 Å². The fraction of sp³-hybridized carbons (Fsp3) is 0.385. The third kappa shape index (κ3) is 3.19. The van der Waals surface area contributed by atoms with Crippen LogP contribution in [-0.4, -0.2) is 16.6 Å². The Kier molecular flexibility index (Phi) is 4.61. The van der Waals surface area contributed by atoms with Crippen molar-refractivity contribution < 1.29 is 0 Å². The number of H-pyrrole nitrogens is 1. The summed E-state index contributed by atoms with van der Waals surface area (Å²) in [4.78, 5) is 3.42. The van der Waals surface area contributed by atoms with Crippen LogP contribution in [0.3, 0.4) is 0 Å². The van der Waals surface area contributed by atoms with Crippen molar-refractivity contribution in [2.75, 3.05) is 11.6 Å². The van der Waals surface area contributed by atoms with Crippen LogP contribution in [0, 0.1) is 0 Å². The van der Waals surface area contributed by atoms with E-state index in [1.807, 2.05) is 11.8 Å². The molecule has 0 aliphatic heterocycles. The first-order chi connectivity index (χ1) is 7.90. The fourth-order valence-corrected chi connectivity index (χ4v) is 2.83. The van der Waals surface area contributed by atoms with E-state index < -0.39 is 0 Å². The summed E-state index contributed by atoms with van der Waals surface area (Å²) in [7, 11) is 0. The molecule has 1 N–H and O–H groups in total. The van der Waals surface area contributed by atoms with Crippen LogP contribution in [0.2, 0.25) is 0 Å². The van der Waals surface area contributed by atoms with Crippen LogP contribution >= 0.6 is 23.4 Å². The van der Waals surface area contributed by atoms with Gasteiger partial charge in [-0.15, -0.1) is 23.4 Å². The number of unbranched alkanes of at least 4 members (excludes halogenated alkanes) is 2. The van der Waals surface area contributed by atoms with Gasteiger partial charge in [-0.2, -0.15) is 0 Å². The van der Waals surface area contributed by atoms with Gasteiger partial charge in [0.05, 0.1) is 5.03 Å². The first kappa shape index (κ1) is 11.9. The molecule has 2 aromatic rings. The summed E-state index contributed by atoms with van der Waals surface area (Å²) in [5.41, 5.74) is 1.23. The molecule has 1 nitrogen and oxygen atoms in total. The summed E-state index contributed by atoms with van der Waals surface area (Å²) in [6.07, 6.45) is 3.61. The minimum Gasteiger partial charge on any atom is -0.350 e. The lowest BCUT2D eigenvalue weighted by atomic mass is 10.3. The maximum Gasteiger partial charge on any atom is 0.0732 e. The minimum absolute atomic E-state index is 0.789. The van der Waals surface area contributed by atoms with Crippen LogP contribution in [0.25, 0.3) is 10.9 Å². The monoisotopic (exact) mass is 253 g/mol. The zero-order chi connectivity index (χ0) is 11.2. The number of aromatic nitrogens is 1. The molecule has 0 spiro atoms. The molecule has 0 unspecified atom stereocenters. The quantitative estimate of drug-likeness (QED) is 0.449. The van der Waals surface area contributed by atoms with Crippen LogP contribution in [0.4, 0.5) is 0 Å². The second-order valence-corrected chi connectivity index (χ2v) is 5.33. The van der Waals surface area contributed by atoms with E-state index in [1.165, 1.54) is 34.5 Å². The Balaban J connectivity index is 1.85. The van der Waals surface area contributed by atoms with E-state index in [9.17, 15) is 0 Å². The van der Waals surface area contributed by atoms with E-state index in [0.717, 1.165) is 12.3 Å². The highest BCUT2D eigenvalue weighted by molar-refractivity contribution is 7.99. The molecule has 0 radical (unpaired) electrons. The van der Waals surface area contributed by atoms with E-state index in [-0.39, 0.29) is 0 Å². The maximum absolute atomic E-state index is 5.64. The summed E-state index contributed by atoms with van der Waals surface area (Å²) in [6, 6.07) is 10.6. The van der Waals surface area contributed by atoms with Crippen molar-refractivity contribution in [3.05, 3.63) is 30.3 Å². The van der Waals surface area contributed by atoms with Gasteiger partial charge in [0.1, 0.15) is 0 Å². The molecule has 1 aromatic heterocycles. The first-order valence-corrected chi connectivity index (χ1v) is 7.18. The van der Waals surface area contributed by atoms with E-state index in [2.05, 4.69) is 35.3 Å². The van der Waals surface area contributed by atoms with Crippen molar-refractivity contribution >= 4 is 34.3 Å². The van der Waals surface area contributed by atoms with Gasteiger partial charge >= 0.3 is 0 Å². The topological polar surface area (TPSA) is 15.8 Å². The van der Waals surface area contributed by atoms with Crippen LogP contribution in [0.1, 0.15) is 19.3 Å². The highest BCUT2D eigenvalue weighted by Crippen LogP contribution is 2.23. The number of aromatic amines is 1. The van der Waals surface area contributed by atoms with Gasteiger partial charge in [-0.1, -0.05) is 24.6 Å². The molecule has 0 atom stereocenters.